The molecule has 0 aromatic carbocycles. The lowest BCUT2D eigenvalue weighted by molar-refractivity contribution is -0.149. The molecule has 0 saturated carbocycles. The fraction of sp³-hybridized carbons (Fsp3) is 0.222. The fourth-order valence-electron chi connectivity index (χ4n) is 1.04. The van der Waals surface area contributed by atoms with Crippen LogP contribution in [0.1, 0.15) is 6.42 Å². The second-order valence-electron chi connectivity index (χ2n) is 2.89. The molecule has 0 aliphatic carbocycles. The Morgan fingerprint density at radius 2 is 2.20 bits per heavy atom. The van der Waals surface area contributed by atoms with E-state index in [1.807, 2.05) is 0 Å². The maximum atomic E-state index is 11.1. The Labute approximate surface area is 85.2 Å². The fourth-order valence-corrected chi connectivity index (χ4v) is 1.04. The van der Waals surface area contributed by atoms with E-state index in [9.17, 15) is 14.4 Å². The number of carboxylic acids is 1. The van der Waals surface area contributed by atoms with Crippen molar-refractivity contribution >= 4 is 17.8 Å². The number of nitrogens with one attached hydrogen (secondary N) is 1. The molecule has 0 spiro atoms. The number of hydrogen-bond acceptors (Lipinski definition) is 4. The lowest BCUT2D eigenvalue weighted by Crippen LogP contribution is -2.26. The van der Waals surface area contributed by atoms with Gasteiger partial charge in [-0.2, -0.15) is 0 Å². The molecule has 0 aromatic rings. The summed E-state index contributed by atoms with van der Waals surface area (Å²) in [7, 11) is 0. The number of amides is 1. The summed E-state index contributed by atoms with van der Waals surface area (Å²) in [5.74, 6) is -2.57. The van der Waals surface area contributed by atoms with E-state index in [1.165, 1.54) is 0 Å². The molecule has 1 aliphatic heterocycles. The Kier molecular flexibility index (Phi) is 3.22. The average molecular weight is 211 g/mol. The third kappa shape index (κ3) is 3.26. The van der Waals surface area contributed by atoms with Crippen LogP contribution < -0.4 is 5.32 Å². The minimum absolute atomic E-state index is 0.214. The van der Waals surface area contributed by atoms with Crippen LogP contribution in [-0.4, -0.2) is 29.1 Å². The van der Waals surface area contributed by atoms with Crippen LogP contribution in [0.3, 0.4) is 0 Å². The summed E-state index contributed by atoms with van der Waals surface area (Å²) in [6, 6.07) is 0. The van der Waals surface area contributed by atoms with Gasteiger partial charge in [0.1, 0.15) is 0 Å². The van der Waals surface area contributed by atoms with Crippen molar-refractivity contribution in [3.05, 3.63) is 24.4 Å². The summed E-state index contributed by atoms with van der Waals surface area (Å²) >= 11 is 0. The zero-order chi connectivity index (χ0) is 11.4. The van der Waals surface area contributed by atoms with E-state index in [1.54, 1.807) is 0 Å². The van der Waals surface area contributed by atoms with Gasteiger partial charge in [-0.3, -0.25) is 4.79 Å². The molecule has 1 atom stereocenters. The second-order valence-corrected chi connectivity index (χ2v) is 2.89. The van der Waals surface area contributed by atoms with Crippen molar-refractivity contribution in [1.82, 2.24) is 5.32 Å². The molecule has 6 nitrogen and oxygen atoms in total. The van der Waals surface area contributed by atoms with Crippen molar-refractivity contribution in [3.63, 3.8) is 0 Å². The van der Waals surface area contributed by atoms with Crippen molar-refractivity contribution in [3.8, 4) is 0 Å². The molecule has 1 unspecified atom stereocenters. The molecule has 1 saturated heterocycles. The third-order valence-corrected chi connectivity index (χ3v) is 1.64. The predicted octanol–water partition coefficient (Wildman–Crippen LogP) is -0.427. The van der Waals surface area contributed by atoms with Crippen molar-refractivity contribution < 1.29 is 24.2 Å². The minimum Gasteiger partial charge on any atom is -0.478 e. The van der Waals surface area contributed by atoms with Crippen LogP contribution in [0.4, 0.5) is 0 Å². The highest BCUT2D eigenvalue weighted by molar-refractivity contribution is 5.93. The maximum absolute atomic E-state index is 11.1. The van der Waals surface area contributed by atoms with Gasteiger partial charge in [0.05, 0.1) is 0 Å². The highest BCUT2D eigenvalue weighted by atomic mass is 16.5. The van der Waals surface area contributed by atoms with Crippen LogP contribution in [0.2, 0.25) is 0 Å². The molecule has 15 heavy (non-hydrogen) atoms. The zero-order valence-corrected chi connectivity index (χ0v) is 7.73. The molecule has 1 amide bonds. The summed E-state index contributed by atoms with van der Waals surface area (Å²) in [6.07, 6.45) is 0.690. The average Bonchev–Trinajstić information content (AvgIpc) is 2.42. The normalized spacial score (nSPS) is 20.4. The summed E-state index contributed by atoms with van der Waals surface area (Å²) in [5.41, 5.74) is 0.472. The maximum Gasteiger partial charge on any atom is 0.331 e. The Hall–Kier alpha value is -2.11. The van der Waals surface area contributed by atoms with Gasteiger partial charge in [-0.1, -0.05) is 6.58 Å². The van der Waals surface area contributed by atoms with E-state index < -0.39 is 23.9 Å². The summed E-state index contributed by atoms with van der Waals surface area (Å²) < 4.78 is 4.68. The molecule has 0 aromatic heterocycles. The number of esters is 1. The Bertz CT molecular complexity index is 358. The number of hydrogen-bond donors (Lipinski definition) is 2. The third-order valence-electron chi connectivity index (χ3n) is 1.64. The number of carbonyl (C=O) groups is 3. The van der Waals surface area contributed by atoms with Gasteiger partial charge in [-0.15, -0.1) is 0 Å². The highest BCUT2D eigenvalue weighted by Crippen LogP contribution is 2.13. The molecule has 1 aliphatic rings. The largest absolute Gasteiger partial charge is 0.478 e. The van der Waals surface area contributed by atoms with E-state index in [4.69, 9.17) is 5.11 Å². The van der Waals surface area contributed by atoms with Gasteiger partial charge in [0.15, 0.2) is 6.10 Å². The van der Waals surface area contributed by atoms with Crippen LogP contribution in [-0.2, 0) is 19.1 Å². The van der Waals surface area contributed by atoms with E-state index in [0.717, 1.165) is 6.08 Å². The second kappa shape index (κ2) is 4.41. The van der Waals surface area contributed by atoms with Gasteiger partial charge < -0.3 is 15.2 Å². The van der Waals surface area contributed by atoms with Crippen molar-refractivity contribution in [2.45, 2.75) is 12.5 Å². The topological polar surface area (TPSA) is 92.7 Å². The van der Waals surface area contributed by atoms with Gasteiger partial charge in [0.2, 0.25) is 0 Å². The van der Waals surface area contributed by atoms with E-state index in [2.05, 4.69) is 16.6 Å². The Morgan fingerprint density at radius 3 is 2.67 bits per heavy atom. The number of rotatable bonds is 3. The molecule has 6 heteroatoms. The first-order valence-electron chi connectivity index (χ1n) is 4.09. The standard InChI is InChI=1S/C9H9NO5/c1-5-4-6(9(14)10-5)15-8(13)3-2-7(11)12/h2-3,6H,1,4H2,(H,10,14)(H,11,12)/b3-2+. The molecule has 1 rings (SSSR count). The molecule has 2 N–H and O–H groups in total. The minimum atomic E-state index is -1.26. The smallest absolute Gasteiger partial charge is 0.331 e. The molecule has 0 bridgehead atoms. The first kappa shape index (κ1) is 11.0. The number of carboxylic acid groups (broad SMARTS) is 1. The molecule has 0 radical (unpaired) electrons. The van der Waals surface area contributed by atoms with Crippen molar-refractivity contribution in [2.24, 2.45) is 0 Å². The van der Waals surface area contributed by atoms with Gasteiger partial charge in [0.25, 0.3) is 5.91 Å². The summed E-state index contributed by atoms with van der Waals surface area (Å²) in [5, 5.41) is 10.6. The number of carbonyl (C=O) groups excluding carboxylic acids is 2. The van der Waals surface area contributed by atoms with Gasteiger partial charge >= 0.3 is 11.9 Å². The lowest BCUT2D eigenvalue weighted by atomic mass is 10.3. The number of aliphatic carboxylic acids is 1. The monoisotopic (exact) mass is 211 g/mol. The van der Waals surface area contributed by atoms with Crippen molar-refractivity contribution in [1.29, 1.82) is 0 Å². The highest BCUT2D eigenvalue weighted by Gasteiger charge is 2.29. The Balaban J connectivity index is 2.48. The van der Waals surface area contributed by atoms with Crippen LogP contribution in [0.5, 0.6) is 0 Å². The van der Waals surface area contributed by atoms with Crippen LogP contribution in [0.25, 0.3) is 0 Å². The quantitative estimate of drug-likeness (QED) is 0.488. The molecule has 1 heterocycles. The predicted molar refractivity (Wildman–Crippen MR) is 48.6 cm³/mol. The molecule has 1 fully saturated rings. The molecule has 80 valence electrons. The van der Waals surface area contributed by atoms with E-state index in [-0.39, 0.29) is 6.42 Å². The first-order valence-corrected chi connectivity index (χ1v) is 4.09. The van der Waals surface area contributed by atoms with Gasteiger partial charge in [0, 0.05) is 24.3 Å². The summed E-state index contributed by atoms with van der Waals surface area (Å²) in [6.45, 7) is 3.50. The SMILES string of the molecule is C=C1CC(OC(=O)/C=C/C(=O)O)C(=O)N1. The molecular weight excluding hydrogens is 202 g/mol. The first-order chi connectivity index (χ1) is 6.99. The van der Waals surface area contributed by atoms with Gasteiger partial charge in [-0.25, -0.2) is 9.59 Å². The zero-order valence-electron chi connectivity index (χ0n) is 7.73. The van der Waals surface area contributed by atoms with Crippen LogP contribution in [0.15, 0.2) is 24.4 Å². The van der Waals surface area contributed by atoms with Crippen molar-refractivity contribution in [2.75, 3.05) is 0 Å². The molecular formula is C9H9NO5. The summed E-state index contributed by atoms with van der Waals surface area (Å²) in [4.78, 5) is 32.1. The number of ether oxygens (including phenoxy) is 1. The van der Waals surface area contributed by atoms with Crippen LogP contribution >= 0.6 is 0 Å². The Morgan fingerprint density at radius 1 is 1.53 bits per heavy atom. The van der Waals surface area contributed by atoms with Crippen LogP contribution in [0, 0.1) is 0 Å². The van der Waals surface area contributed by atoms with E-state index in [0.29, 0.717) is 11.8 Å². The van der Waals surface area contributed by atoms with E-state index >= 15 is 0 Å². The van der Waals surface area contributed by atoms with Gasteiger partial charge in [-0.05, 0) is 0 Å². The lowest BCUT2D eigenvalue weighted by Gasteiger charge is -2.05.